The number of aliphatic carboxylic acids is 1. The number of sulfonamides is 1. The predicted octanol–water partition coefficient (Wildman–Crippen LogP) is 2.80. The molecule has 0 bridgehead atoms. The number of amides is 1. The summed E-state index contributed by atoms with van der Waals surface area (Å²) >= 11 is 0. The van der Waals surface area contributed by atoms with Gasteiger partial charge in [-0.05, 0) is 49.3 Å². The monoisotopic (exact) mass is 424 g/mol. The summed E-state index contributed by atoms with van der Waals surface area (Å²) in [5, 5.41) is 11.8. The van der Waals surface area contributed by atoms with Crippen LogP contribution in [0.2, 0.25) is 0 Å². The zero-order valence-electron chi connectivity index (χ0n) is 17.3. The Hall–Kier alpha value is -1.93. The fraction of sp³-hybridized carbons (Fsp3) is 0.619. The van der Waals surface area contributed by atoms with Crippen molar-refractivity contribution in [2.24, 2.45) is 5.92 Å². The molecular weight excluding hydrogens is 392 g/mol. The van der Waals surface area contributed by atoms with Gasteiger partial charge in [0.15, 0.2) is 0 Å². The van der Waals surface area contributed by atoms with Gasteiger partial charge in [-0.3, -0.25) is 4.79 Å². The Kier molecular flexibility index (Phi) is 8.64. The first-order valence-corrected chi connectivity index (χ1v) is 11.8. The topological polar surface area (TPSA) is 104 Å². The van der Waals surface area contributed by atoms with Gasteiger partial charge in [-0.25, -0.2) is 13.2 Å². The van der Waals surface area contributed by atoms with E-state index in [0.29, 0.717) is 25.9 Å². The quantitative estimate of drug-likeness (QED) is 0.634. The molecule has 1 atom stereocenters. The van der Waals surface area contributed by atoms with E-state index in [1.165, 1.54) is 0 Å². The van der Waals surface area contributed by atoms with Crippen molar-refractivity contribution in [1.29, 1.82) is 0 Å². The SMILES string of the molecule is CC(C)C[C@H](NC(=O)CCc1ccc(S(=O)(=O)N2CCCCCC2)cc1)C(=O)O. The number of hydrogen-bond donors (Lipinski definition) is 2. The smallest absolute Gasteiger partial charge is 0.326 e. The highest BCUT2D eigenvalue weighted by atomic mass is 32.2. The number of aryl methyl sites for hydroxylation is 1. The van der Waals surface area contributed by atoms with E-state index in [2.05, 4.69) is 5.32 Å². The van der Waals surface area contributed by atoms with E-state index >= 15 is 0 Å². The van der Waals surface area contributed by atoms with E-state index in [4.69, 9.17) is 0 Å². The molecule has 1 aliphatic rings. The van der Waals surface area contributed by atoms with Crippen LogP contribution in [0.1, 0.15) is 57.9 Å². The maximum absolute atomic E-state index is 12.8. The molecule has 2 N–H and O–H groups in total. The Balaban J connectivity index is 1.93. The minimum absolute atomic E-state index is 0.153. The van der Waals surface area contributed by atoms with E-state index < -0.39 is 22.0 Å². The van der Waals surface area contributed by atoms with E-state index in [0.717, 1.165) is 31.2 Å². The van der Waals surface area contributed by atoms with Crippen molar-refractivity contribution in [3.63, 3.8) is 0 Å². The molecule has 7 nitrogen and oxygen atoms in total. The molecule has 29 heavy (non-hydrogen) atoms. The fourth-order valence-electron chi connectivity index (χ4n) is 3.48. The van der Waals surface area contributed by atoms with Crippen molar-refractivity contribution in [3.05, 3.63) is 29.8 Å². The van der Waals surface area contributed by atoms with Crippen molar-refractivity contribution >= 4 is 21.9 Å². The number of nitrogens with zero attached hydrogens (tertiary/aromatic N) is 1. The Labute approximate surface area is 173 Å². The summed E-state index contributed by atoms with van der Waals surface area (Å²) in [6.45, 7) is 4.93. The minimum atomic E-state index is -3.48. The van der Waals surface area contributed by atoms with Crippen molar-refractivity contribution < 1.29 is 23.1 Å². The summed E-state index contributed by atoms with van der Waals surface area (Å²) in [5.41, 5.74) is 0.839. The normalized spacial score (nSPS) is 16.9. The Morgan fingerprint density at radius 1 is 1.07 bits per heavy atom. The second-order valence-corrected chi connectivity index (χ2v) is 9.99. The maximum atomic E-state index is 12.8. The van der Waals surface area contributed by atoms with E-state index in [9.17, 15) is 23.1 Å². The zero-order chi connectivity index (χ0) is 21.4. The Morgan fingerprint density at radius 2 is 1.66 bits per heavy atom. The zero-order valence-corrected chi connectivity index (χ0v) is 18.1. The third-order valence-electron chi connectivity index (χ3n) is 5.11. The molecule has 1 saturated heterocycles. The lowest BCUT2D eigenvalue weighted by molar-refractivity contribution is -0.142. The summed E-state index contributed by atoms with van der Waals surface area (Å²) in [7, 11) is -3.48. The van der Waals surface area contributed by atoms with E-state index in [1.54, 1.807) is 28.6 Å². The molecule has 1 fully saturated rings. The van der Waals surface area contributed by atoms with Gasteiger partial charge in [-0.2, -0.15) is 4.31 Å². The van der Waals surface area contributed by atoms with Crippen LogP contribution in [0.4, 0.5) is 0 Å². The summed E-state index contributed by atoms with van der Waals surface area (Å²) in [5.74, 6) is -1.19. The fourth-order valence-corrected chi connectivity index (χ4v) is 4.99. The molecule has 0 aromatic heterocycles. The van der Waals surface area contributed by atoms with Crippen molar-refractivity contribution in [3.8, 4) is 0 Å². The molecule has 0 aliphatic carbocycles. The number of rotatable bonds is 9. The summed E-state index contributed by atoms with van der Waals surface area (Å²) in [6.07, 6.45) is 4.86. The van der Waals surface area contributed by atoms with Crippen LogP contribution in [0.3, 0.4) is 0 Å². The van der Waals surface area contributed by atoms with Gasteiger partial charge in [0.05, 0.1) is 4.90 Å². The van der Waals surface area contributed by atoms with Crippen LogP contribution in [0.5, 0.6) is 0 Å². The summed E-state index contributed by atoms with van der Waals surface area (Å²) in [4.78, 5) is 23.6. The highest BCUT2D eigenvalue weighted by Gasteiger charge is 2.25. The number of carbonyl (C=O) groups excluding carboxylic acids is 1. The number of carboxylic acid groups (broad SMARTS) is 1. The van der Waals surface area contributed by atoms with Gasteiger partial charge in [0.1, 0.15) is 6.04 Å². The molecule has 1 amide bonds. The molecule has 2 rings (SSSR count). The van der Waals surface area contributed by atoms with Gasteiger partial charge in [0, 0.05) is 19.5 Å². The van der Waals surface area contributed by atoms with Crippen LogP contribution in [0, 0.1) is 5.92 Å². The second-order valence-electron chi connectivity index (χ2n) is 8.05. The molecule has 1 aromatic carbocycles. The molecule has 0 saturated carbocycles. The third-order valence-corrected chi connectivity index (χ3v) is 7.02. The first kappa shape index (κ1) is 23.3. The lowest BCUT2D eigenvalue weighted by Crippen LogP contribution is -2.41. The van der Waals surface area contributed by atoms with Crippen LogP contribution in [-0.4, -0.2) is 48.8 Å². The first-order valence-electron chi connectivity index (χ1n) is 10.3. The summed E-state index contributed by atoms with van der Waals surface area (Å²) in [6, 6.07) is 5.74. The van der Waals surface area contributed by atoms with Gasteiger partial charge in [-0.1, -0.05) is 38.8 Å². The Bertz CT molecular complexity index is 782. The average molecular weight is 425 g/mol. The van der Waals surface area contributed by atoms with Gasteiger partial charge >= 0.3 is 5.97 Å². The molecular formula is C21H32N2O5S. The first-order chi connectivity index (χ1) is 13.7. The number of hydrogen-bond acceptors (Lipinski definition) is 4. The lowest BCUT2D eigenvalue weighted by atomic mass is 10.0. The predicted molar refractivity (Wildman–Crippen MR) is 111 cm³/mol. The highest BCUT2D eigenvalue weighted by molar-refractivity contribution is 7.89. The molecule has 162 valence electrons. The number of nitrogens with one attached hydrogen (secondary N) is 1. The van der Waals surface area contributed by atoms with E-state index in [1.807, 2.05) is 13.8 Å². The van der Waals surface area contributed by atoms with Gasteiger partial charge in [0.2, 0.25) is 15.9 Å². The Morgan fingerprint density at radius 3 is 2.17 bits per heavy atom. The van der Waals surface area contributed by atoms with Crippen LogP contribution in [0.25, 0.3) is 0 Å². The largest absolute Gasteiger partial charge is 0.480 e. The number of carboxylic acids is 1. The number of carbonyl (C=O) groups is 2. The lowest BCUT2D eigenvalue weighted by Gasteiger charge is -2.20. The standard InChI is InChI=1S/C21H32N2O5S/c1-16(2)15-19(21(25)26)22-20(24)12-9-17-7-10-18(11-8-17)29(27,28)23-13-5-3-4-6-14-23/h7-8,10-11,16,19H,3-6,9,12-15H2,1-2H3,(H,22,24)(H,25,26)/t19-/m0/s1. The van der Waals surface area contributed by atoms with Gasteiger partial charge in [-0.15, -0.1) is 0 Å². The molecule has 0 spiro atoms. The molecule has 8 heteroatoms. The van der Waals surface area contributed by atoms with Crippen LogP contribution < -0.4 is 5.32 Å². The van der Waals surface area contributed by atoms with Crippen molar-refractivity contribution in [1.82, 2.24) is 9.62 Å². The summed E-state index contributed by atoms with van der Waals surface area (Å²) < 4.78 is 27.2. The second kappa shape index (κ2) is 10.7. The highest BCUT2D eigenvalue weighted by Crippen LogP contribution is 2.21. The molecule has 1 aliphatic heterocycles. The van der Waals surface area contributed by atoms with Gasteiger partial charge < -0.3 is 10.4 Å². The van der Waals surface area contributed by atoms with Crippen LogP contribution in [0.15, 0.2) is 29.2 Å². The van der Waals surface area contributed by atoms with Crippen molar-refractivity contribution in [2.45, 2.75) is 69.7 Å². The van der Waals surface area contributed by atoms with E-state index in [-0.39, 0.29) is 23.1 Å². The van der Waals surface area contributed by atoms with Crippen LogP contribution in [-0.2, 0) is 26.0 Å². The molecule has 0 radical (unpaired) electrons. The van der Waals surface area contributed by atoms with Crippen molar-refractivity contribution in [2.75, 3.05) is 13.1 Å². The number of benzene rings is 1. The van der Waals surface area contributed by atoms with Gasteiger partial charge in [0.25, 0.3) is 0 Å². The third kappa shape index (κ3) is 7.12. The molecule has 0 unspecified atom stereocenters. The minimum Gasteiger partial charge on any atom is -0.480 e. The van der Waals surface area contributed by atoms with Crippen LogP contribution >= 0.6 is 0 Å². The average Bonchev–Trinajstić information content (AvgIpc) is 2.96. The molecule has 1 aromatic rings. The maximum Gasteiger partial charge on any atom is 0.326 e. The molecule has 1 heterocycles.